The van der Waals surface area contributed by atoms with Gasteiger partial charge >= 0.3 is 5.97 Å². The average molecular weight is 373 g/mol. The summed E-state index contributed by atoms with van der Waals surface area (Å²) in [6, 6.07) is 8.34. The van der Waals surface area contributed by atoms with Crippen molar-refractivity contribution in [2.45, 2.75) is 13.8 Å². The molecule has 0 aliphatic heterocycles. The maximum Gasteiger partial charge on any atom is 0.342 e. The minimum atomic E-state index is -0.960. The quantitative estimate of drug-likeness (QED) is 0.624. The topological polar surface area (TPSA) is 141 Å². The van der Waals surface area contributed by atoms with Crippen LogP contribution in [0.4, 0.5) is 5.88 Å². The first-order chi connectivity index (χ1) is 12.8. The van der Waals surface area contributed by atoms with Gasteiger partial charge in [0, 0.05) is 5.56 Å². The molecule has 0 bridgehead atoms. The van der Waals surface area contributed by atoms with E-state index in [0.29, 0.717) is 5.56 Å². The number of primary amides is 1. The van der Waals surface area contributed by atoms with Gasteiger partial charge in [0.05, 0.1) is 13.2 Å². The Morgan fingerprint density at radius 2 is 1.78 bits per heavy atom. The molecule has 27 heavy (non-hydrogen) atoms. The summed E-state index contributed by atoms with van der Waals surface area (Å²) < 4.78 is 10.2. The summed E-state index contributed by atoms with van der Waals surface area (Å²) in [5.74, 6) is -3.05. The summed E-state index contributed by atoms with van der Waals surface area (Å²) in [5, 5.41) is 4.76. The van der Waals surface area contributed by atoms with Crippen molar-refractivity contribution in [3.05, 3.63) is 52.8 Å². The van der Waals surface area contributed by atoms with E-state index in [-0.39, 0.29) is 35.9 Å². The van der Waals surface area contributed by atoms with E-state index in [9.17, 15) is 19.2 Å². The zero-order valence-electron chi connectivity index (χ0n) is 14.8. The average Bonchev–Trinajstić information content (AvgIpc) is 2.96. The predicted molar refractivity (Wildman–Crippen MR) is 95.3 cm³/mol. The second-order valence-electron chi connectivity index (χ2n) is 5.42. The molecule has 0 aliphatic carbocycles. The van der Waals surface area contributed by atoms with Crippen LogP contribution in [-0.2, 0) is 9.53 Å². The van der Waals surface area contributed by atoms with Crippen molar-refractivity contribution in [1.29, 1.82) is 0 Å². The molecule has 0 saturated carbocycles. The Kier molecular flexibility index (Phi) is 6.32. The Labute approximate surface area is 154 Å². The number of carbonyl (C=O) groups excluding carboxylic acids is 4. The van der Waals surface area contributed by atoms with Gasteiger partial charge in [-0.15, -0.1) is 0 Å². The van der Waals surface area contributed by atoms with E-state index in [4.69, 9.17) is 14.9 Å². The Balaban J connectivity index is 2.11. The lowest BCUT2D eigenvalue weighted by Crippen LogP contribution is -2.33. The Hall–Kier alpha value is -3.62. The minimum absolute atomic E-state index is 0.0749. The van der Waals surface area contributed by atoms with Gasteiger partial charge in [-0.3, -0.25) is 19.7 Å². The molecule has 0 aliphatic rings. The number of aryl methyl sites for hydroxylation is 1. The highest BCUT2D eigenvalue weighted by Gasteiger charge is 2.29. The summed E-state index contributed by atoms with van der Waals surface area (Å²) in [7, 11) is 0. The lowest BCUT2D eigenvalue weighted by atomic mass is 10.1. The smallest absolute Gasteiger partial charge is 0.342 e. The van der Waals surface area contributed by atoms with Crippen molar-refractivity contribution in [3.63, 3.8) is 0 Å². The van der Waals surface area contributed by atoms with Gasteiger partial charge in [0.1, 0.15) is 16.9 Å². The van der Waals surface area contributed by atoms with Crippen molar-refractivity contribution in [2.75, 3.05) is 18.5 Å². The molecular weight excluding hydrogens is 354 g/mol. The molecule has 0 spiro atoms. The first kappa shape index (κ1) is 19.7. The third kappa shape index (κ3) is 4.72. The van der Waals surface area contributed by atoms with Crippen LogP contribution in [0, 0.1) is 6.92 Å². The largest absolute Gasteiger partial charge is 0.462 e. The third-order valence-corrected chi connectivity index (χ3v) is 3.51. The normalized spacial score (nSPS) is 10.1. The first-order valence-corrected chi connectivity index (χ1v) is 8.08. The van der Waals surface area contributed by atoms with Crippen LogP contribution in [0.1, 0.15) is 43.8 Å². The molecule has 3 amide bonds. The van der Waals surface area contributed by atoms with Gasteiger partial charge in [-0.1, -0.05) is 18.2 Å². The fraction of sp³-hybridized carbons (Fsp3) is 0.222. The van der Waals surface area contributed by atoms with Crippen LogP contribution in [0.15, 0.2) is 34.7 Å². The lowest BCUT2D eigenvalue weighted by Gasteiger charge is -2.06. The van der Waals surface area contributed by atoms with Gasteiger partial charge < -0.3 is 20.2 Å². The Bertz CT molecular complexity index is 873. The predicted octanol–water partition coefficient (Wildman–Crippen LogP) is 1.23. The van der Waals surface area contributed by atoms with Gasteiger partial charge in [0.25, 0.3) is 11.8 Å². The number of furan rings is 1. The molecule has 9 heteroatoms. The Morgan fingerprint density at radius 1 is 1.11 bits per heavy atom. The highest BCUT2D eigenvalue weighted by atomic mass is 16.5. The zero-order valence-corrected chi connectivity index (χ0v) is 14.8. The number of rotatable bonds is 7. The van der Waals surface area contributed by atoms with Crippen LogP contribution in [0.3, 0.4) is 0 Å². The number of nitrogens with one attached hydrogen (secondary N) is 2. The monoisotopic (exact) mass is 373 g/mol. The summed E-state index contributed by atoms with van der Waals surface area (Å²) in [6.07, 6.45) is 0. The van der Waals surface area contributed by atoms with E-state index in [1.54, 1.807) is 37.3 Å². The fourth-order valence-electron chi connectivity index (χ4n) is 2.34. The molecule has 142 valence electrons. The van der Waals surface area contributed by atoms with Crippen LogP contribution >= 0.6 is 0 Å². The number of benzene rings is 1. The summed E-state index contributed by atoms with van der Waals surface area (Å²) >= 11 is 0. The third-order valence-electron chi connectivity index (χ3n) is 3.51. The lowest BCUT2D eigenvalue weighted by molar-refractivity contribution is -0.115. The molecule has 4 N–H and O–H groups in total. The second-order valence-corrected chi connectivity index (χ2v) is 5.42. The number of hydrogen-bond acceptors (Lipinski definition) is 6. The van der Waals surface area contributed by atoms with Crippen LogP contribution in [0.25, 0.3) is 0 Å². The van der Waals surface area contributed by atoms with E-state index in [2.05, 4.69) is 10.6 Å². The molecule has 2 rings (SSSR count). The standard InChI is InChI=1S/C18H19N3O6/c1-3-26-18(25)13-10(2)27-17(14(13)15(19)23)21-12(22)9-20-16(24)11-7-5-4-6-8-11/h4-8H,3,9H2,1-2H3,(H2,19,23)(H,20,24)(H,21,22). The molecule has 0 fully saturated rings. The SMILES string of the molecule is CCOC(=O)c1c(C)oc(NC(=O)CNC(=O)c2ccccc2)c1C(N)=O. The van der Waals surface area contributed by atoms with E-state index in [1.165, 1.54) is 6.92 Å². The maximum atomic E-state index is 12.1. The molecule has 0 saturated heterocycles. The Morgan fingerprint density at radius 3 is 2.37 bits per heavy atom. The first-order valence-electron chi connectivity index (χ1n) is 8.08. The van der Waals surface area contributed by atoms with E-state index in [0.717, 1.165) is 0 Å². The van der Waals surface area contributed by atoms with E-state index < -0.39 is 23.7 Å². The maximum absolute atomic E-state index is 12.1. The van der Waals surface area contributed by atoms with Gasteiger partial charge in [-0.2, -0.15) is 0 Å². The van der Waals surface area contributed by atoms with E-state index >= 15 is 0 Å². The van der Waals surface area contributed by atoms with Crippen LogP contribution in [0.2, 0.25) is 0 Å². The van der Waals surface area contributed by atoms with Gasteiger partial charge in [-0.25, -0.2) is 4.79 Å². The van der Waals surface area contributed by atoms with Crippen molar-refractivity contribution < 1.29 is 28.3 Å². The van der Waals surface area contributed by atoms with Crippen LogP contribution in [-0.4, -0.2) is 36.8 Å². The van der Waals surface area contributed by atoms with Gasteiger partial charge in [0.2, 0.25) is 11.8 Å². The highest BCUT2D eigenvalue weighted by molar-refractivity contribution is 6.11. The molecule has 0 radical (unpaired) electrons. The van der Waals surface area contributed by atoms with Crippen molar-refractivity contribution in [3.8, 4) is 0 Å². The molecule has 2 aromatic rings. The molecule has 0 unspecified atom stereocenters. The summed E-state index contributed by atoms with van der Waals surface area (Å²) in [5.41, 5.74) is 5.27. The van der Waals surface area contributed by atoms with Gasteiger partial charge in [-0.05, 0) is 26.0 Å². The molecule has 9 nitrogen and oxygen atoms in total. The van der Waals surface area contributed by atoms with E-state index in [1.807, 2.05) is 0 Å². The number of ether oxygens (including phenoxy) is 1. The van der Waals surface area contributed by atoms with Crippen molar-refractivity contribution >= 4 is 29.6 Å². The van der Waals surface area contributed by atoms with Crippen molar-refractivity contribution in [1.82, 2.24) is 5.32 Å². The number of nitrogens with two attached hydrogens (primary N) is 1. The summed E-state index contributed by atoms with van der Waals surface area (Å²) in [6.45, 7) is 2.76. The van der Waals surface area contributed by atoms with Crippen molar-refractivity contribution in [2.24, 2.45) is 5.73 Å². The van der Waals surface area contributed by atoms with Gasteiger partial charge in [0.15, 0.2) is 0 Å². The molecule has 1 aromatic carbocycles. The highest BCUT2D eigenvalue weighted by Crippen LogP contribution is 2.27. The number of hydrogen-bond donors (Lipinski definition) is 3. The number of amides is 3. The van der Waals surface area contributed by atoms with Crippen LogP contribution in [0.5, 0.6) is 0 Å². The summed E-state index contributed by atoms with van der Waals surface area (Å²) in [4.78, 5) is 47.8. The number of carbonyl (C=O) groups is 4. The molecular formula is C18H19N3O6. The zero-order chi connectivity index (χ0) is 20.0. The minimum Gasteiger partial charge on any atom is -0.462 e. The molecule has 1 aromatic heterocycles. The number of esters is 1. The second kappa shape index (κ2) is 8.65. The number of anilines is 1. The fourth-order valence-corrected chi connectivity index (χ4v) is 2.34. The van der Waals surface area contributed by atoms with Crippen LogP contribution < -0.4 is 16.4 Å². The molecule has 0 atom stereocenters. The molecule has 1 heterocycles.